The Labute approximate surface area is 121 Å². The van der Waals surface area contributed by atoms with Gasteiger partial charge in [-0.05, 0) is 46.7 Å². The molecule has 7 heteroatoms. The highest BCUT2D eigenvalue weighted by molar-refractivity contribution is 7.89. The smallest absolute Gasteiger partial charge is 0.212 e. The van der Waals surface area contributed by atoms with E-state index in [0.29, 0.717) is 18.7 Å². The molecule has 0 aliphatic carbocycles. The van der Waals surface area contributed by atoms with Crippen LogP contribution >= 0.6 is 0 Å². The number of nitrogens with zero attached hydrogens (tertiary/aromatic N) is 1. The fourth-order valence-corrected chi connectivity index (χ4v) is 3.48. The Kier molecular flexibility index (Phi) is 6.64. The maximum atomic E-state index is 12.0. The van der Waals surface area contributed by atoms with Crippen molar-refractivity contribution in [2.45, 2.75) is 46.6 Å². The molecule has 0 fully saturated rings. The van der Waals surface area contributed by atoms with Gasteiger partial charge in [0.05, 0.1) is 11.4 Å². The second kappa shape index (κ2) is 7.75. The number of aryl methyl sites for hydroxylation is 2. The first-order chi connectivity index (χ1) is 9.37. The first-order valence-corrected chi connectivity index (χ1v) is 8.66. The molecule has 0 radical (unpaired) electrons. The van der Waals surface area contributed by atoms with Gasteiger partial charge in [-0.2, -0.15) is 0 Å². The molecule has 20 heavy (non-hydrogen) atoms. The third kappa shape index (κ3) is 5.22. The summed E-state index contributed by atoms with van der Waals surface area (Å²) >= 11 is 0. The summed E-state index contributed by atoms with van der Waals surface area (Å²) in [6, 6.07) is -0.324. The molecule has 0 aliphatic heterocycles. The van der Waals surface area contributed by atoms with Crippen LogP contribution in [-0.2, 0) is 10.0 Å². The molecule has 0 aromatic carbocycles. The summed E-state index contributed by atoms with van der Waals surface area (Å²) in [4.78, 5) is 0. The summed E-state index contributed by atoms with van der Waals surface area (Å²) < 4.78 is 31.7. The van der Waals surface area contributed by atoms with E-state index in [1.54, 1.807) is 13.8 Å². The minimum absolute atomic E-state index is 0.122. The van der Waals surface area contributed by atoms with Crippen LogP contribution in [0.2, 0.25) is 0 Å². The molecule has 0 bridgehead atoms. The molecule has 1 rings (SSSR count). The van der Waals surface area contributed by atoms with Crippen molar-refractivity contribution in [3.8, 4) is 0 Å². The van der Waals surface area contributed by atoms with Gasteiger partial charge in [0, 0.05) is 11.6 Å². The topological polar surface area (TPSA) is 84.2 Å². The van der Waals surface area contributed by atoms with E-state index < -0.39 is 10.0 Å². The summed E-state index contributed by atoms with van der Waals surface area (Å²) in [6.45, 7) is 9.12. The van der Waals surface area contributed by atoms with E-state index in [1.165, 1.54) is 0 Å². The lowest BCUT2D eigenvalue weighted by atomic mass is 10.1. The van der Waals surface area contributed by atoms with Crippen LogP contribution in [0, 0.1) is 13.8 Å². The largest absolute Gasteiger partial charge is 0.361 e. The molecule has 1 heterocycles. The Bertz CT molecular complexity index is 491. The zero-order chi connectivity index (χ0) is 15.2. The Hall–Kier alpha value is -0.920. The molecule has 1 aromatic rings. The van der Waals surface area contributed by atoms with Crippen molar-refractivity contribution in [2.75, 3.05) is 18.8 Å². The summed E-state index contributed by atoms with van der Waals surface area (Å²) in [5.41, 5.74) is 1.54. The van der Waals surface area contributed by atoms with Gasteiger partial charge in [0.1, 0.15) is 5.76 Å². The lowest BCUT2D eigenvalue weighted by molar-refractivity contribution is 0.391. The number of hydrogen-bond acceptors (Lipinski definition) is 5. The second-order valence-corrected chi connectivity index (χ2v) is 6.87. The normalized spacial score (nSPS) is 13.6. The zero-order valence-corrected chi connectivity index (χ0v) is 13.5. The highest BCUT2D eigenvalue weighted by atomic mass is 32.2. The lowest BCUT2D eigenvalue weighted by Crippen LogP contribution is -2.31. The molecule has 1 atom stereocenters. The van der Waals surface area contributed by atoms with Crippen LogP contribution in [0.15, 0.2) is 4.52 Å². The fourth-order valence-electron chi connectivity index (χ4n) is 2.18. The third-order valence-corrected chi connectivity index (χ3v) is 4.61. The van der Waals surface area contributed by atoms with Crippen molar-refractivity contribution < 1.29 is 12.9 Å². The second-order valence-electron chi connectivity index (χ2n) is 5.00. The van der Waals surface area contributed by atoms with Crippen molar-refractivity contribution in [3.63, 3.8) is 0 Å². The van der Waals surface area contributed by atoms with Gasteiger partial charge < -0.3 is 9.84 Å². The highest BCUT2D eigenvalue weighted by Gasteiger charge is 2.21. The van der Waals surface area contributed by atoms with Gasteiger partial charge in [-0.25, -0.2) is 13.1 Å². The number of rotatable bonds is 9. The molecular formula is C13H25N3O3S. The predicted octanol–water partition coefficient (Wildman–Crippen LogP) is 1.66. The molecule has 0 saturated carbocycles. The van der Waals surface area contributed by atoms with Gasteiger partial charge in [0.2, 0.25) is 10.0 Å². The van der Waals surface area contributed by atoms with Gasteiger partial charge in [0.25, 0.3) is 0 Å². The van der Waals surface area contributed by atoms with Crippen molar-refractivity contribution in [3.05, 3.63) is 17.0 Å². The number of aromatic nitrogens is 1. The van der Waals surface area contributed by atoms with Crippen LogP contribution in [0.25, 0.3) is 0 Å². The average molecular weight is 303 g/mol. The van der Waals surface area contributed by atoms with Gasteiger partial charge in [-0.15, -0.1) is 0 Å². The van der Waals surface area contributed by atoms with Crippen molar-refractivity contribution in [1.82, 2.24) is 15.2 Å². The summed E-state index contributed by atoms with van der Waals surface area (Å²) in [6.07, 6.45) is 1.65. The highest BCUT2D eigenvalue weighted by Crippen LogP contribution is 2.21. The first kappa shape index (κ1) is 17.1. The maximum absolute atomic E-state index is 12.0. The van der Waals surface area contributed by atoms with Crippen LogP contribution in [-0.4, -0.2) is 32.4 Å². The van der Waals surface area contributed by atoms with E-state index in [1.807, 2.05) is 6.92 Å². The quantitative estimate of drug-likeness (QED) is 0.678. The number of nitrogens with one attached hydrogen (secondary N) is 2. The number of sulfonamides is 1. The van der Waals surface area contributed by atoms with E-state index in [2.05, 4.69) is 22.1 Å². The summed E-state index contributed by atoms with van der Waals surface area (Å²) in [7, 11) is -3.29. The minimum Gasteiger partial charge on any atom is -0.361 e. The minimum atomic E-state index is -3.29. The first-order valence-electron chi connectivity index (χ1n) is 7.01. The Balaban J connectivity index is 2.50. The molecular weight excluding hydrogens is 278 g/mol. The van der Waals surface area contributed by atoms with Crippen LogP contribution in [0.1, 0.15) is 49.7 Å². The summed E-state index contributed by atoms with van der Waals surface area (Å²) in [5.74, 6) is 0.777. The van der Waals surface area contributed by atoms with E-state index in [9.17, 15) is 8.42 Å². The van der Waals surface area contributed by atoms with Gasteiger partial charge in [-0.1, -0.05) is 12.1 Å². The lowest BCUT2D eigenvalue weighted by Gasteiger charge is -2.14. The predicted molar refractivity (Wildman–Crippen MR) is 79.1 cm³/mol. The Morgan fingerprint density at radius 1 is 1.30 bits per heavy atom. The average Bonchev–Trinajstić information content (AvgIpc) is 2.68. The Morgan fingerprint density at radius 3 is 2.55 bits per heavy atom. The molecule has 116 valence electrons. The Morgan fingerprint density at radius 2 is 2.00 bits per heavy atom. The van der Waals surface area contributed by atoms with E-state index >= 15 is 0 Å². The summed E-state index contributed by atoms with van der Waals surface area (Å²) in [5, 5.41) is 7.03. The van der Waals surface area contributed by atoms with Gasteiger partial charge in [0.15, 0.2) is 0 Å². The van der Waals surface area contributed by atoms with Crippen molar-refractivity contribution in [2.24, 2.45) is 0 Å². The third-order valence-electron chi connectivity index (χ3n) is 3.07. The van der Waals surface area contributed by atoms with Crippen LogP contribution in [0.5, 0.6) is 0 Å². The molecule has 1 aromatic heterocycles. The molecule has 0 amide bonds. The van der Waals surface area contributed by atoms with Crippen LogP contribution in [0.3, 0.4) is 0 Å². The van der Waals surface area contributed by atoms with Crippen molar-refractivity contribution in [1.29, 1.82) is 0 Å². The van der Waals surface area contributed by atoms with E-state index in [-0.39, 0.29) is 11.8 Å². The molecule has 0 aliphatic rings. The maximum Gasteiger partial charge on any atom is 0.212 e. The molecule has 6 nitrogen and oxygen atoms in total. The standard InChI is InChI=1S/C13H25N3O3S/c1-5-7-14-8-6-9-20(17,18)16-11(3)13-10(2)15-19-12(13)4/h11,14,16H,5-9H2,1-4H3. The van der Waals surface area contributed by atoms with Crippen molar-refractivity contribution >= 4 is 10.0 Å². The SMILES string of the molecule is CCCNCCCS(=O)(=O)NC(C)c1c(C)noc1C. The monoisotopic (exact) mass is 303 g/mol. The molecule has 0 spiro atoms. The van der Waals surface area contributed by atoms with E-state index in [4.69, 9.17) is 4.52 Å². The van der Waals surface area contributed by atoms with Crippen LogP contribution < -0.4 is 10.0 Å². The molecule has 2 N–H and O–H groups in total. The van der Waals surface area contributed by atoms with Gasteiger partial charge in [-0.3, -0.25) is 0 Å². The molecule has 0 saturated heterocycles. The van der Waals surface area contributed by atoms with Crippen LogP contribution in [0.4, 0.5) is 0 Å². The van der Waals surface area contributed by atoms with Gasteiger partial charge >= 0.3 is 0 Å². The fraction of sp³-hybridized carbons (Fsp3) is 0.769. The number of hydrogen-bond donors (Lipinski definition) is 2. The van der Waals surface area contributed by atoms with E-state index in [0.717, 1.165) is 24.2 Å². The zero-order valence-electron chi connectivity index (χ0n) is 12.7. The molecule has 1 unspecified atom stereocenters.